The van der Waals surface area contributed by atoms with E-state index in [1.54, 1.807) is 17.0 Å². The molecule has 1 aliphatic heterocycles. The summed E-state index contributed by atoms with van der Waals surface area (Å²) >= 11 is 7.59. The lowest BCUT2D eigenvalue weighted by Gasteiger charge is -2.11. The third-order valence-corrected chi connectivity index (χ3v) is 4.36. The number of hydrogen-bond acceptors (Lipinski definition) is 3. The fourth-order valence-corrected chi connectivity index (χ4v) is 3.12. The van der Waals surface area contributed by atoms with Crippen molar-refractivity contribution in [1.82, 2.24) is 4.90 Å². The molecule has 0 aromatic heterocycles. The number of rotatable bonds is 2. The largest absolute Gasteiger partial charge is 0.399 e. The highest BCUT2D eigenvalue weighted by atomic mass is 35.5. The third kappa shape index (κ3) is 2.28. The Kier molecular flexibility index (Phi) is 3.30. The van der Waals surface area contributed by atoms with Crippen LogP contribution in [0.2, 0.25) is 5.02 Å². The van der Waals surface area contributed by atoms with E-state index < -0.39 is 0 Å². The number of benzene rings is 1. The molecule has 1 aliphatic rings. The van der Waals surface area contributed by atoms with Gasteiger partial charge in [-0.25, -0.2) is 0 Å². The molecule has 5 heteroatoms. The maximum atomic E-state index is 11.7. The second-order valence-corrected chi connectivity index (χ2v) is 5.50. The van der Waals surface area contributed by atoms with Crippen LogP contribution in [0.5, 0.6) is 0 Å². The molecular weight excluding hydrogens is 244 g/mol. The number of carbonyl (C=O) groups excluding carboxylic acids is 1. The fourth-order valence-electron chi connectivity index (χ4n) is 1.67. The van der Waals surface area contributed by atoms with Gasteiger partial charge < -0.3 is 10.6 Å². The van der Waals surface area contributed by atoms with E-state index in [1.807, 2.05) is 13.1 Å². The van der Waals surface area contributed by atoms with E-state index in [-0.39, 0.29) is 11.2 Å². The first kappa shape index (κ1) is 11.6. The zero-order valence-corrected chi connectivity index (χ0v) is 10.5. The van der Waals surface area contributed by atoms with E-state index in [0.29, 0.717) is 10.7 Å². The predicted molar refractivity (Wildman–Crippen MR) is 67.8 cm³/mol. The number of thioether (sulfide) groups is 1. The lowest BCUT2D eigenvalue weighted by atomic mass is 10.3. The highest BCUT2D eigenvalue weighted by Gasteiger charge is 2.30. The van der Waals surface area contributed by atoms with Gasteiger partial charge in [0.1, 0.15) is 0 Å². The van der Waals surface area contributed by atoms with Crippen molar-refractivity contribution in [3.05, 3.63) is 23.2 Å². The maximum Gasteiger partial charge on any atom is 0.235 e. The molecular formula is C11H13ClN2OS. The summed E-state index contributed by atoms with van der Waals surface area (Å²) in [5, 5.41) is 0.610. The number of likely N-dealkylation sites (tertiary alicyclic amines) is 1. The molecule has 3 nitrogen and oxygen atoms in total. The van der Waals surface area contributed by atoms with Crippen molar-refractivity contribution >= 4 is 35.0 Å². The lowest BCUT2D eigenvalue weighted by Crippen LogP contribution is -2.23. The van der Waals surface area contributed by atoms with Gasteiger partial charge in [0, 0.05) is 24.2 Å². The average molecular weight is 257 g/mol. The molecule has 1 fully saturated rings. The molecule has 1 atom stereocenters. The molecule has 0 saturated carbocycles. The third-order valence-electron chi connectivity index (χ3n) is 2.60. The minimum Gasteiger partial charge on any atom is -0.399 e. The van der Waals surface area contributed by atoms with Crippen molar-refractivity contribution in [1.29, 1.82) is 0 Å². The molecule has 1 saturated heterocycles. The summed E-state index contributed by atoms with van der Waals surface area (Å²) in [4.78, 5) is 14.4. The molecule has 1 aromatic rings. The van der Waals surface area contributed by atoms with Gasteiger partial charge in [-0.3, -0.25) is 4.79 Å². The van der Waals surface area contributed by atoms with Crippen LogP contribution < -0.4 is 5.73 Å². The molecule has 0 radical (unpaired) electrons. The normalized spacial score (nSPS) is 20.5. The molecule has 16 heavy (non-hydrogen) atoms. The van der Waals surface area contributed by atoms with E-state index in [4.69, 9.17) is 17.3 Å². The molecule has 86 valence electrons. The van der Waals surface area contributed by atoms with Crippen LogP contribution >= 0.6 is 23.4 Å². The predicted octanol–water partition coefficient (Wildman–Crippen LogP) is 2.25. The summed E-state index contributed by atoms with van der Waals surface area (Å²) in [6.07, 6.45) is 0.876. The maximum absolute atomic E-state index is 11.7. The lowest BCUT2D eigenvalue weighted by molar-refractivity contribution is -0.126. The molecule has 2 rings (SSSR count). The summed E-state index contributed by atoms with van der Waals surface area (Å²) in [5.74, 6) is 0.179. The molecule has 1 aromatic carbocycles. The first-order chi connectivity index (χ1) is 7.58. The van der Waals surface area contributed by atoms with Gasteiger partial charge in [0.05, 0.1) is 10.3 Å². The monoisotopic (exact) mass is 256 g/mol. The Bertz CT molecular complexity index is 424. The van der Waals surface area contributed by atoms with Crippen molar-refractivity contribution in [2.45, 2.75) is 16.6 Å². The Morgan fingerprint density at radius 1 is 1.56 bits per heavy atom. The van der Waals surface area contributed by atoms with Gasteiger partial charge in [-0.1, -0.05) is 11.6 Å². The van der Waals surface area contributed by atoms with Crippen LogP contribution in [-0.4, -0.2) is 29.6 Å². The summed E-state index contributed by atoms with van der Waals surface area (Å²) < 4.78 is 0. The molecule has 1 unspecified atom stereocenters. The molecule has 0 bridgehead atoms. The minimum absolute atomic E-state index is 0.00822. The first-order valence-electron chi connectivity index (χ1n) is 5.04. The van der Waals surface area contributed by atoms with Crippen LogP contribution in [0.3, 0.4) is 0 Å². The molecule has 1 amide bonds. The number of nitrogens with two attached hydrogens (primary N) is 1. The number of anilines is 1. The van der Waals surface area contributed by atoms with Gasteiger partial charge in [-0.05, 0) is 24.6 Å². The van der Waals surface area contributed by atoms with Crippen molar-refractivity contribution in [3.8, 4) is 0 Å². The SMILES string of the molecule is CN1CCC(Sc2ccc(N)cc2Cl)C1=O. The summed E-state index contributed by atoms with van der Waals surface area (Å²) in [6.45, 7) is 0.823. The smallest absolute Gasteiger partial charge is 0.235 e. The van der Waals surface area contributed by atoms with Crippen molar-refractivity contribution < 1.29 is 4.79 Å². The van der Waals surface area contributed by atoms with E-state index in [1.165, 1.54) is 11.8 Å². The van der Waals surface area contributed by atoms with E-state index in [0.717, 1.165) is 17.9 Å². The van der Waals surface area contributed by atoms with Gasteiger partial charge in [-0.15, -0.1) is 11.8 Å². The Labute approximate surface area is 104 Å². The summed E-state index contributed by atoms with van der Waals surface area (Å²) in [6, 6.07) is 5.39. The number of nitrogens with zero attached hydrogens (tertiary/aromatic N) is 1. The van der Waals surface area contributed by atoms with E-state index in [2.05, 4.69) is 0 Å². The fraction of sp³-hybridized carbons (Fsp3) is 0.364. The second-order valence-electron chi connectivity index (χ2n) is 3.84. The van der Waals surface area contributed by atoms with Crippen LogP contribution in [0.15, 0.2) is 23.1 Å². The Hall–Kier alpha value is -0.870. The van der Waals surface area contributed by atoms with Crippen molar-refractivity contribution in [2.75, 3.05) is 19.3 Å². The number of amides is 1. The minimum atomic E-state index is -0.00822. The Morgan fingerprint density at radius 3 is 2.88 bits per heavy atom. The first-order valence-corrected chi connectivity index (χ1v) is 6.30. The van der Waals surface area contributed by atoms with Crippen LogP contribution in [0, 0.1) is 0 Å². The number of nitrogen functional groups attached to an aromatic ring is 1. The quantitative estimate of drug-likeness (QED) is 0.826. The highest BCUT2D eigenvalue weighted by molar-refractivity contribution is 8.00. The summed E-state index contributed by atoms with van der Waals surface area (Å²) in [7, 11) is 1.83. The van der Waals surface area contributed by atoms with Crippen LogP contribution in [0.4, 0.5) is 5.69 Å². The molecule has 2 N–H and O–H groups in total. The van der Waals surface area contributed by atoms with Crippen LogP contribution in [0.25, 0.3) is 0 Å². The second kappa shape index (κ2) is 4.55. The number of hydrogen-bond donors (Lipinski definition) is 1. The standard InChI is InChI=1S/C11H13ClN2OS/c1-14-5-4-10(11(14)15)16-9-3-2-7(13)6-8(9)12/h2-3,6,10H,4-5,13H2,1H3. The number of halogens is 1. The van der Waals surface area contributed by atoms with Crippen LogP contribution in [0.1, 0.15) is 6.42 Å². The zero-order valence-electron chi connectivity index (χ0n) is 8.94. The van der Waals surface area contributed by atoms with Crippen molar-refractivity contribution in [2.24, 2.45) is 0 Å². The summed E-state index contributed by atoms with van der Waals surface area (Å²) in [5.41, 5.74) is 6.26. The Balaban J connectivity index is 2.12. The molecule has 1 heterocycles. The van der Waals surface area contributed by atoms with E-state index in [9.17, 15) is 4.79 Å². The highest BCUT2D eigenvalue weighted by Crippen LogP contribution is 2.35. The van der Waals surface area contributed by atoms with Crippen LogP contribution in [-0.2, 0) is 4.79 Å². The van der Waals surface area contributed by atoms with Gasteiger partial charge in [-0.2, -0.15) is 0 Å². The molecule has 0 aliphatic carbocycles. The Morgan fingerprint density at radius 2 is 2.31 bits per heavy atom. The average Bonchev–Trinajstić information content (AvgIpc) is 2.54. The van der Waals surface area contributed by atoms with Gasteiger partial charge in [0.15, 0.2) is 0 Å². The molecule has 0 spiro atoms. The topological polar surface area (TPSA) is 46.3 Å². The van der Waals surface area contributed by atoms with Crippen molar-refractivity contribution in [3.63, 3.8) is 0 Å². The van der Waals surface area contributed by atoms with Gasteiger partial charge in [0.25, 0.3) is 0 Å². The van der Waals surface area contributed by atoms with Gasteiger partial charge >= 0.3 is 0 Å². The van der Waals surface area contributed by atoms with E-state index >= 15 is 0 Å². The number of carbonyl (C=O) groups is 1. The zero-order chi connectivity index (χ0) is 11.7. The van der Waals surface area contributed by atoms with Gasteiger partial charge in [0.2, 0.25) is 5.91 Å².